The van der Waals surface area contributed by atoms with E-state index < -0.39 is 5.97 Å². The number of hydrogen-bond donors (Lipinski definition) is 1. The Kier molecular flexibility index (Phi) is 5.54. The number of ether oxygens (including phenoxy) is 1. The first-order chi connectivity index (χ1) is 10.5. The van der Waals surface area contributed by atoms with E-state index in [1.54, 1.807) is 6.20 Å². The summed E-state index contributed by atoms with van der Waals surface area (Å²) in [4.78, 5) is 24.9. The van der Waals surface area contributed by atoms with Crippen molar-refractivity contribution in [3.05, 3.63) is 17.5 Å². The molecule has 1 aromatic rings. The predicted octanol–water partition coefficient (Wildman–Crippen LogP) is 1.48. The van der Waals surface area contributed by atoms with Crippen molar-refractivity contribution in [1.29, 1.82) is 0 Å². The molecule has 7 nitrogen and oxygen atoms in total. The van der Waals surface area contributed by atoms with Crippen molar-refractivity contribution < 1.29 is 19.4 Å². The van der Waals surface area contributed by atoms with Crippen LogP contribution in [0.5, 0.6) is 0 Å². The number of amides is 1. The van der Waals surface area contributed by atoms with Crippen LogP contribution >= 0.6 is 0 Å². The second-order valence-electron chi connectivity index (χ2n) is 5.55. The molecule has 0 saturated carbocycles. The van der Waals surface area contributed by atoms with Gasteiger partial charge in [0, 0.05) is 25.5 Å². The lowest BCUT2D eigenvalue weighted by Crippen LogP contribution is -2.36. The molecule has 1 aliphatic heterocycles. The second kappa shape index (κ2) is 7.40. The maximum absolute atomic E-state index is 12.6. The molecule has 1 aliphatic rings. The Balaban J connectivity index is 2.18. The Morgan fingerprint density at radius 3 is 2.73 bits per heavy atom. The van der Waals surface area contributed by atoms with E-state index in [2.05, 4.69) is 5.10 Å². The highest BCUT2D eigenvalue weighted by Gasteiger charge is 2.25. The molecule has 0 spiro atoms. The average Bonchev–Trinajstić information content (AvgIpc) is 2.88. The van der Waals surface area contributed by atoms with E-state index in [-0.39, 0.29) is 18.5 Å². The number of carboxylic acid groups (broad SMARTS) is 1. The molecular formula is C15H23N3O4. The lowest BCUT2D eigenvalue weighted by molar-refractivity contribution is -0.137. The molecule has 7 heteroatoms. The number of hydrogen-bond acceptors (Lipinski definition) is 4. The first kappa shape index (κ1) is 16.5. The second-order valence-corrected chi connectivity index (χ2v) is 5.55. The van der Waals surface area contributed by atoms with Gasteiger partial charge in [0.2, 0.25) is 0 Å². The zero-order valence-corrected chi connectivity index (χ0v) is 13.1. The van der Waals surface area contributed by atoms with E-state index in [0.29, 0.717) is 31.7 Å². The summed E-state index contributed by atoms with van der Waals surface area (Å²) in [7, 11) is 0. The monoisotopic (exact) mass is 309 g/mol. The molecule has 1 saturated heterocycles. The predicted molar refractivity (Wildman–Crippen MR) is 79.9 cm³/mol. The van der Waals surface area contributed by atoms with Crippen LogP contribution in [-0.4, -0.2) is 58.0 Å². The lowest BCUT2D eigenvalue weighted by atomic mass is 10.1. The van der Waals surface area contributed by atoms with Gasteiger partial charge in [-0.2, -0.15) is 5.10 Å². The van der Waals surface area contributed by atoms with Crippen molar-refractivity contribution in [2.24, 2.45) is 0 Å². The van der Waals surface area contributed by atoms with E-state index in [1.165, 1.54) is 4.90 Å². The van der Waals surface area contributed by atoms with Crippen LogP contribution in [0, 0.1) is 6.92 Å². The molecule has 1 aromatic heterocycles. The lowest BCUT2D eigenvalue weighted by Gasteiger charge is -2.24. The molecular weight excluding hydrogens is 286 g/mol. The van der Waals surface area contributed by atoms with Gasteiger partial charge in [-0.05, 0) is 26.2 Å². The number of rotatable bonds is 6. The number of carbonyl (C=O) groups excluding carboxylic acids is 1. The minimum Gasteiger partial charge on any atom is -0.480 e. The smallest absolute Gasteiger partial charge is 0.323 e. The molecule has 1 fully saturated rings. The van der Waals surface area contributed by atoms with Crippen LogP contribution in [0.1, 0.15) is 48.3 Å². The number of aliphatic carboxylic acids is 1. The molecule has 0 aliphatic carbocycles. The van der Waals surface area contributed by atoms with Gasteiger partial charge in [-0.3, -0.25) is 14.3 Å². The van der Waals surface area contributed by atoms with E-state index in [9.17, 15) is 9.59 Å². The molecule has 122 valence electrons. The molecule has 0 unspecified atom stereocenters. The van der Waals surface area contributed by atoms with E-state index in [0.717, 1.165) is 18.5 Å². The fourth-order valence-corrected chi connectivity index (χ4v) is 2.79. The number of carboxylic acids is 1. The van der Waals surface area contributed by atoms with Crippen molar-refractivity contribution in [1.82, 2.24) is 14.7 Å². The van der Waals surface area contributed by atoms with Crippen molar-refractivity contribution in [2.75, 3.05) is 26.3 Å². The Bertz CT molecular complexity index is 535. The minimum atomic E-state index is -1.00. The first-order valence-corrected chi connectivity index (χ1v) is 7.67. The highest BCUT2D eigenvalue weighted by atomic mass is 16.5. The Morgan fingerprint density at radius 2 is 2.14 bits per heavy atom. The van der Waals surface area contributed by atoms with Crippen LogP contribution in [0.2, 0.25) is 0 Å². The average molecular weight is 309 g/mol. The summed E-state index contributed by atoms with van der Waals surface area (Å²) in [6, 6.07) is 0.245. The first-order valence-electron chi connectivity index (χ1n) is 7.67. The van der Waals surface area contributed by atoms with Gasteiger partial charge in [-0.15, -0.1) is 0 Å². The fraction of sp³-hybridized carbons (Fsp3) is 0.667. The standard InChI is InChI=1S/C15H23N3O4/c1-3-6-17(10-14(19)20)15(21)13-9-16-18(11(13)2)12-4-7-22-8-5-12/h9,12H,3-8,10H2,1-2H3,(H,19,20). The van der Waals surface area contributed by atoms with Crippen LogP contribution in [0.25, 0.3) is 0 Å². The third-order valence-electron chi connectivity index (χ3n) is 3.92. The summed E-state index contributed by atoms with van der Waals surface area (Å²) in [5.74, 6) is -1.27. The Hall–Kier alpha value is -1.89. The number of aromatic nitrogens is 2. The SMILES string of the molecule is CCCN(CC(=O)O)C(=O)c1cnn(C2CCOCC2)c1C. The maximum Gasteiger partial charge on any atom is 0.323 e. The van der Waals surface area contributed by atoms with Crippen molar-refractivity contribution in [3.8, 4) is 0 Å². The van der Waals surface area contributed by atoms with E-state index in [4.69, 9.17) is 9.84 Å². The van der Waals surface area contributed by atoms with Gasteiger partial charge in [0.05, 0.1) is 17.8 Å². The van der Waals surface area contributed by atoms with Gasteiger partial charge < -0.3 is 14.7 Å². The quantitative estimate of drug-likeness (QED) is 0.860. The van der Waals surface area contributed by atoms with Crippen molar-refractivity contribution in [2.45, 2.75) is 39.2 Å². The van der Waals surface area contributed by atoms with Crippen LogP contribution in [-0.2, 0) is 9.53 Å². The molecule has 2 rings (SSSR count). The van der Waals surface area contributed by atoms with Crippen LogP contribution in [0.15, 0.2) is 6.20 Å². The highest BCUT2D eigenvalue weighted by Crippen LogP contribution is 2.23. The van der Waals surface area contributed by atoms with Crippen LogP contribution < -0.4 is 0 Å². The highest BCUT2D eigenvalue weighted by molar-refractivity contribution is 5.96. The number of carbonyl (C=O) groups is 2. The van der Waals surface area contributed by atoms with Crippen LogP contribution in [0.3, 0.4) is 0 Å². The third-order valence-corrected chi connectivity index (χ3v) is 3.92. The summed E-state index contributed by atoms with van der Waals surface area (Å²) in [6.45, 7) is 5.32. The largest absolute Gasteiger partial charge is 0.480 e. The summed E-state index contributed by atoms with van der Waals surface area (Å²) in [5, 5.41) is 13.3. The summed E-state index contributed by atoms with van der Waals surface area (Å²) in [5.41, 5.74) is 1.28. The van der Waals surface area contributed by atoms with E-state index in [1.807, 2.05) is 18.5 Å². The molecule has 0 atom stereocenters. The summed E-state index contributed by atoms with van der Waals surface area (Å²) in [6.07, 6.45) is 4.03. The van der Waals surface area contributed by atoms with Gasteiger partial charge in [-0.25, -0.2) is 0 Å². The Morgan fingerprint density at radius 1 is 1.45 bits per heavy atom. The van der Waals surface area contributed by atoms with E-state index >= 15 is 0 Å². The molecule has 1 N–H and O–H groups in total. The van der Waals surface area contributed by atoms with Crippen molar-refractivity contribution >= 4 is 11.9 Å². The summed E-state index contributed by atoms with van der Waals surface area (Å²) < 4.78 is 7.22. The number of nitrogens with zero attached hydrogens (tertiary/aromatic N) is 3. The van der Waals surface area contributed by atoms with Gasteiger partial charge in [0.1, 0.15) is 6.54 Å². The maximum atomic E-state index is 12.6. The fourth-order valence-electron chi connectivity index (χ4n) is 2.79. The molecule has 22 heavy (non-hydrogen) atoms. The normalized spacial score (nSPS) is 15.7. The van der Waals surface area contributed by atoms with Gasteiger partial charge in [0.25, 0.3) is 5.91 Å². The molecule has 0 aromatic carbocycles. The summed E-state index contributed by atoms with van der Waals surface area (Å²) >= 11 is 0. The molecule has 2 heterocycles. The molecule has 0 bridgehead atoms. The zero-order chi connectivity index (χ0) is 16.1. The minimum absolute atomic E-state index is 0.245. The van der Waals surface area contributed by atoms with Gasteiger partial charge >= 0.3 is 5.97 Å². The zero-order valence-electron chi connectivity index (χ0n) is 13.1. The van der Waals surface area contributed by atoms with Gasteiger partial charge in [-0.1, -0.05) is 6.92 Å². The Labute approximate surface area is 129 Å². The molecule has 0 radical (unpaired) electrons. The van der Waals surface area contributed by atoms with Gasteiger partial charge in [0.15, 0.2) is 0 Å². The molecule has 1 amide bonds. The van der Waals surface area contributed by atoms with Crippen molar-refractivity contribution in [3.63, 3.8) is 0 Å². The third kappa shape index (κ3) is 3.65. The van der Waals surface area contributed by atoms with Crippen LogP contribution in [0.4, 0.5) is 0 Å². The topological polar surface area (TPSA) is 84.7 Å².